The molecule has 1 amide bonds. The highest BCUT2D eigenvalue weighted by molar-refractivity contribution is 7.92. The molecule has 1 aliphatic rings. The van der Waals surface area contributed by atoms with Crippen LogP contribution in [0.4, 0.5) is 0 Å². The number of hydrogen-bond donors (Lipinski definition) is 1. The Bertz CT molecular complexity index is 1240. The van der Waals surface area contributed by atoms with Gasteiger partial charge in [0.1, 0.15) is 12.2 Å². The van der Waals surface area contributed by atoms with Gasteiger partial charge in [-0.1, -0.05) is 53.9 Å². The van der Waals surface area contributed by atoms with Gasteiger partial charge in [-0.3, -0.25) is 9.59 Å². The smallest absolute Gasteiger partial charge is 0.306 e. The number of carboxylic acids is 1. The number of carboxylic acid groups (broad SMARTS) is 1. The number of hydrogen-bond acceptors (Lipinski definition) is 5. The zero-order valence-electron chi connectivity index (χ0n) is 20.9. The third-order valence-corrected chi connectivity index (χ3v) is 9.80. The number of ether oxygens (including phenoxy) is 1. The average Bonchev–Trinajstić information content (AvgIpc) is 2.77. The molecule has 1 N–H and O–H groups in total. The molecule has 4 atom stereocenters. The lowest BCUT2D eigenvalue weighted by Crippen LogP contribution is -2.57. The van der Waals surface area contributed by atoms with E-state index < -0.39 is 57.2 Å². The summed E-state index contributed by atoms with van der Waals surface area (Å²) in [6.07, 6.45) is -2.50. The quantitative estimate of drug-likeness (QED) is 0.397. The van der Waals surface area contributed by atoms with Gasteiger partial charge in [0.25, 0.3) is 5.91 Å². The SMILES string of the molecule is CC[C@@H](CS(=O)(=O)C(C)(C)C)N1C(=O)[C@H](CC(=O)O)O[C@H](c2cc(Cl)cc(Cl)c2)[C@H]1c1ccc(Cl)cc1. The van der Waals surface area contributed by atoms with Gasteiger partial charge in [-0.2, -0.15) is 0 Å². The van der Waals surface area contributed by atoms with Crippen molar-refractivity contribution in [3.63, 3.8) is 0 Å². The first kappa shape index (κ1) is 29.7. The van der Waals surface area contributed by atoms with Gasteiger partial charge < -0.3 is 14.7 Å². The third kappa shape index (κ3) is 6.79. The minimum absolute atomic E-state index is 0.300. The molecule has 11 heteroatoms. The topological polar surface area (TPSA) is 101 Å². The molecule has 0 unspecified atom stereocenters. The van der Waals surface area contributed by atoms with Crippen LogP contribution in [-0.4, -0.2) is 52.9 Å². The summed E-state index contributed by atoms with van der Waals surface area (Å²) >= 11 is 18.7. The lowest BCUT2D eigenvalue weighted by atomic mass is 9.89. The molecule has 0 aromatic heterocycles. The van der Waals surface area contributed by atoms with Crippen LogP contribution < -0.4 is 0 Å². The van der Waals surface area contributed by atoms with Gasteiger partial charge in [0, 0.05) is 21.1 Å². The number of rotatable bonds is 8. The molecule has 0 aliphatic carbocycles. The maximum absolute atomic E-state index is 13.8. The molecular formula is C26H30Cl3NO6S. The summed E-state index contributed by atoms with van der Waals surface area (Å²) < 4.78 is 31.6. The number of sulfone groups is 1. The zero-order valence-corrected chi connectivity index (χ0v) is 24.0. The number of carbonyl (C=O) groups is 2. The Morgan fingerprint density at radius 3 is 2.08 bits per heavy atom. The van der Waals surface area contributed by atoms with Crippen molar-refractivity contribution in [1.82, 2.24) is 4.90 Å². The molecule has 1 fully saturated rings. The number of benzene rings is 2. The Morgan fingerprint density at radius 1 is 1.03 bits per heavy atom. The van der Waals surface area contributed by atoms with Crippen LogP contribution in [0.2, 0.25) is 15.1 Å². The second-order valence-electron chi connectivity index (χ2n) is 10.0. The number of aliphatic carboxylic acids is 1. The maximum atomic E-state index is 13.8. The molecule has 0 radical (unpaired) electrons. The molecule has 3 rings (SSSR count). The van der Waals surface area contributed by atoms with E-state index in [4.69, 9.17) is 39.5 Å². The van der Waals surface area contributed by atoms with Crippen molar-refractivity contribution >= 4 is 56.5 Å². The van der Waals surface area contributed by atoms with Crippen molar-refractivity contribution in [2.45, 2.75) is 69.6 Å². The molecule has 1 aliphatic heterocycles. The summed E-state index contributed by atoms with van der Waals surface area (Å²) in [4.78, 5) is 27.0. The summed E-state index contributed by atoms with van der Waals surface area (Å²) in [6, 6.07) is 10.1. The third-order valence-electron chi connectivity index (χ3n) is 6.42. The zero-order chi connectivity index (χ0) is 27.7. The van der Waals surface area contributed by atoms with Crippen LogP contribution in [0, 0.1) is 0 Å². The van der Waals surface area contributed by atoms with Crippen LogP contribution in [-0.2, 0) is 24.2 Å². The fraction of sp³-hybridized carbons (Fsp3) is 0.462. The van der Waals surface area contributed by atoms with E-state index in [1.807, 2.05) is 0 Å². The fourth-order valence-corrected chi connectivity index (χ4v) is 6.43. The summed E-state index contributed by atoms with van der Waals surface area (Å²) in [5.41, 5.74) is 1.16. The van der Waals surface area contributed by atoms with Gasteiger partial charge in [0.2, 0.25) is 0 Å². The molecule has 2 aromatic carbocycles. The Labute approximate surface area is 232 Å². The standard InChI is InChI=1S/C26H30Cl3NO6S/c1-5-20(14-37(34,35)26(2,3)4)30-23(15-6-8-17(27)9-7-15)24(16-10-18(28)12-19(29)11-16)36-21(25(30)33)13-22(31)32/h6-12,20-21,23-24H,5,13-14H2,1-4H3,(H,31,32)/t20-,21-,23+,24+/m0/s1. The molecule has 202 valence electrons. The first-order chi connectivity index (χ1) is 17.1. The molecule has 37 heavy (non-hydrogen) atoms. The lowest BCUT2D eigenvalue weighted by Gasteiger charge is -2.48. The van der Waals surface area contributed by atoms with Gasteiger partial charge in [0.05, 0.1) is 23.0 Å². The Hall–Kier alpha value is -1.84. The van der Waals surface area contributed by atoms with Crippen LogP contribution in [0.5, 0.6) is 0 Å². The van der Waals surface area contributed by atoms with E-state index in [-0.39, 0.29) is 5.75 Å². The number of halogens is 3. The fourth-order valence-electron chi connectivity index (χ4n) is 4.35. The maximum Gasteiger partial charge on any atom is 0.306 e. The number of carbonyl (C=O) groups excluding carboxylic acids is 1. The van der Waals surface area contributed by atoms with Gasteiger partial charge in [-0.25, -0.2) is 8.42 Å². The normalized spacial score (nSPS) is 21.6. The Balaban J connectivity index is 2.24. The highest BCUT2D eigenvalue weighted by atomic mass is 35.5. The van der Waals surface area contributed by atoms with E-state index in [0.717, 1.165) is 0 Å². The summed E-state index contributed by atoms with van der Waals surface area (Å²) in [6.45, 7) is 6.62. The van der Waals surface area contributed by atoms with Crippen molar-refractivity contribution in [2.75, 3.05) is 5.75 Å². The molecule has 0 saturated carbocycles. The summed E-state index contributed by atoms with van der Waals surface area (Å²) in [7, 11) is -3.64. The van der Waals surface area contributed by atoms with E-state index in [2.05, 4.69) is 0 Å². The Kier molecular flexibility index (Phi) is 9.23. The van der Waals surface area contributed by atoms with Crippen LogP contribution in [0.15, 0.2) is 42.5 Å². The van der Waals surface area contributed by atoms with Crippen molar-refractivity contribution in [3.8, 4) is 0 Å². The number of morpholine rings is 1. The molecule has 1 saturated heterocycles. The van der Waals surface area contributed by atoms with Gasteiger partial charge in [-0.15, -0.1) is 0 Å². The first-order valence-corrected chi connectivity index (χ1v) is 14.6. The predicted octanol–water partition coefficient (Wildman–Crippen LogP) is 6.12. The van der Waals surface area contributed by atoms with Crippen LogP contribution >= 0.6 is 34.8 Å². The Morgan fingerprint density at radius 2 is 1.59 bits per heavy atom. The molecule has 0 spiro atoms. The van der Waals surface area contributed by atoms with Crippen LogP contribution in [0.3, 0.4) is 0 Å². The highest BCUT2D eigenvalue weighted by Crippen LogP contribution is 2.45. The van der Waals surface area contributed by atoms with E-state index in [0.29, 0.717) is 32.6 Å². The second-order valence-corrected chi connectivity index (χ2v) is 14.1. The van der Waals surface area contributed by atoms with E-state index in [1.54, 1.807) is 70.2 Å². The first-order valence-electron chi connectivity index (χ1n) is 11.8. The van der Waals surface area contributed by atoms with Crippen molar-refractivity contribution < 1.29 is 27.9 Å². The van der Waals surface area contributed by atoms with Crippen molar-refractivity contribution in [2.24, 2.45) is 0 Å². The van der Waals surface area contributed by atoms with E-state index in [9.17, 15) is 23.1 Å². The highest BCUT2D eigenvalue weighted by Gasteiger charge is 2.48. The van der Waals surface area contributed by atoms with Gasteiger partial charge >= 0.3 is 5.97 Å². The number of nitrogens with zero attached hydrogens (tertiary/aromatic N) is 1. The van der Waals surface area contributed by atoms with E-state index in [1.165, 1.54) is 4.90 Å². The van der Waals surface area contributed by atoms with Crippen molar-refractivity contribution in [1.29, 1.82) is 0 Å². The van der Waals surface area contributed by atoms with Crippen molar-refractivity contribution in [3.05, 3.63) is 68.7 Å². The largest absolute Gasteiger partial charge is 0.481 e. The van der Waals surface area contributed by atoms with E-state index >= 15 is 0 Å². The molecule has 2 aromatic rings. The number of amides is 1. The molecular weight excluding hydrogens is 561 g/mol. The summed E-state index contributed by atoms with van der Waals surface area (Å²) in [5, 5.41) is 10.7. The predicted molar refractivity (Wildman–Crippen MR) is 145 cm³/mol. The monoisotopic (exact) mass is 589 g/mol. The second kappa shape index (κ2) is 11.5. The van der Waals surface area contributed by atoms with Gasteiger partial charge in [0.15, 0.2) is 9.84 Å². The minimum Gasteiger partial charge on any atom is -0.481 e. The summed E-state index contributed by atoms with van der Waals surface area (Å²) in [5.74, 6) is -2.12. The van der Waals surface area contributed by atoms with Crippen LogP contribution in [0.1, 0.15) is 63.8 Å². The minimum atomic E-state index is -3.64. The van der Waals surface area contributed by atoms with Gasteiger partial charge in [-0.05, 0) is 68.7 Å². The lowest BCUT2D eigenvalue weighted by molar-refractivity contribution is -0.182. The van der Waals surface area contributed by atoms with Crippen LogP contribution in [0.25, 0.3) is 0 Å². The molecule has 1 heterocycles. The molecule has 7 nitrogen and oxygen atoms in total. The average molecular weight is 591 g/mol. The molecule has 0 bridgehead atoms.